The molecule has 0 spiro atoms. The Balaban J connectivity index is 2.97. The van der Waals surface area contributed by atoms with Crippen LogP contribution in [0.2, 0.25) is 0 Å². The number of benzene rings is 1. The van der Waals surface area contributed by atoms with Crippen molar-refractivity contribution < 1.29 is 4.39 Å². The number of hydrogen-bond donors (Lipinski definition) is 1. The van der Waals surface area contributed by atoms with Crippen LogP contribution in [0.15, 0.2) is 18.2 Å². The van der Waals surface area contributed by atoms with Gasteiger partial charge >= 0.3 is 0 Å². The number of rotatable bonds is 9. The second-order valence-corrected chi connectivity index (χ2v) is 6.63. The Kier molecular flexibility index (Phi) is 7.73. The van der Waals surface area contributed by atoms with E-state index in [1.165, 1.54) is 6.07 Å². The molecular weight excluding hydrogens is 263 g/mol. The van der Waals surface area contributed by atoms with Crippen LogP contribution in [-0.2, 0) is 6.42 Å². The van der Waals surface area contributed by atoms with Crippen molar-refractivity contribution in [3.63, 3.8) is 0 Å². The molecule has 0 saturated heterocycles. The first kappa shape index (κ1) is 18.0. The van der Waals surface area contributed by atoms with Gasteiger partial charge in [-0.2, -0.15) is 0 Å². The molecule has 2 N–H and O–H groups in total. The maximum Gasteiger partial charge on any atom is 0.128 e. The standard InChI is InChI=1S/C18H31FN2/c1-14(2)9-12-21(13-10-15(3)4)18-7-5-6-17(19)16(18)8-11-20/h5-7,14-15H,8-13,20H2,1-4H3. The van der Waals surface area contributed by atoms with E-state index in [9.17, 15) is 4.39 Å². The van der Waals surface area contributed by atoms with E-state index in [1.807, 2.05) is 12.1 Å². The Morgan fingerprint density at radius 2 is 1.62 bits per heavy atom. The average molecular weight is 294 g/mol. The van der Waals surface area contributed by atoms with E-state index in [0.717, 1.165) is 37.2 Å². The van der Waals surface area contributed by atoms with Gasteiger partial charge in [0.15, 0.2) is 0 Å². The predicted octanol–water partition coefficient (Wildman–Crippen LogP) is 4.23. The molecule has 1 aromatic rings. The average Bonchev–Trinajstić information content (AvgIpc) is 2.41. The molecule has 2 nitrogen and oxygen atoms in total. The van der Waals surface area contributed by atoms with Crippen LogP contribution in [-0.4, -0.2) is 19.6 Å². The van der Waals surface area contributed by atoms with E-state index in [-0.39, 0.29) is 5.82 Å². The molecule has 0 atom stereocenters. The number of nitrogens with zero attached hydrogens (tertiary/aromatic N) is 1. The molecule has 0 unspecified atom stereocenters. The van der Waals surface area contributed by atoms with Gasteiger partial charge in [0.25, 0.3) is 0 Å². The van der Waals surface area contributed by atoms with Crippen LogP contribution in [0.5, 0.6) is 0 Å². The summed E-state index contributed by atoms with van der Waals surface area (Å²) >= 11 is 0. The molecule has 0 saturated carbocycles. The van der Waals surface area contributed by atoms with Gasteiger partial charge in [-0.25, -0.2) is 4.39 Å². The Bertz CT molecular complexity index is 404. The molecule has 0 heterocycles. The van der Waals surface area contributed by atoms with Gasteiger partial charge in [-0.15, -0.1) is 0 Å². The van der Waals surface area contributed by atoms with Crippen molar-refractivity contribution in [3.8, 4) is 0 Å². The summed E-state index contributed by atoms with van der Waals surface area (Å²) in [5, 5.41) is 0. The largest absolute Gasteiger partial charge is 0.371 e. The maximum atomic E-state index is 14.1. The van der Waals surface area contributed by atoms with Crippen LogP contribution in [0, 0.1) is 17.7 Å². The first-order valence-corrected chi connectivity index (χ1v) is 8.18. The van der Waals surface area contributed by atoms with Crippen molar-refractivity contribution in [2.45, 2.75) is 47.0 Å². The number of halogens is 1. The zero-order chi connectivity index (χ0) is 15.8. The first-order chi connectivity index (χ1) is 9.95. The highest BCUT2D eigenvalue weighted by Gasteiger charge is 2.15. The lowest BCUT2D eigenvalue weighted by Crippen LogP contribution is -2.29. The Morgan fingerprint density at radius 1 is 1.05 bits per heavy atom. The molecular formula is C18H31FN2. The highest BCUT2D eigenvalue weighted by atomic mass is 19.1. The lowest BCUT2D eigenvalue weighted by atomic mass is 10.0. The van der Waals surface area contributed by atoms with Crippen molar-refractivity contribution in [2.24, 2.45) is 17.6 Å². The summed E-state index contributed by atoms with van der Waals surface area (Å²) < 4.78 is 14.1. The van der Waals surface area contributed by atoms with Gasteiger partial charge in [0.2, 0.25) is 0 Å². The van der Waals surface area contributed by atoms with Crippen molar-refractivity contribution >= 4 is 5.69 Å². The van der Waals surface area contributed by atoms with Gasteiger partial charge in [-0.1, -0.05) is 33.8 Å². The van der Waals surface area contributed by atoms with Gasteiger partial charge in [-0.3, -0.25) is 0 Å². The number of anilines is 1. The summed E-state index contributed by atoms with van der Waals surface area (Å²) in [4.78, 5) is 2.34. The molecule has 0 aliphatic carbocycles. The third-order valence-corrected chi connectivity index (χ3v) is 3.78. The van der Waals surface area contributed by atoms with Crippen LogP contribution in [0.1, 0.15) is 46.1 Å². The highest BCUT2D eigenvalue weighted by molar-refractivity contribution is 5.54. The van der Waals surface area contributed by atoms with Crippen LogP contribution < -0.4 is 10.6 Å². The molecule has 0 bridgehead atoms. The summed E-state index contributed by atoms with van der Waals surface area (Å²) in [5.41, 5.74) is 7.46. The normalized spacial score (nSPS) is 11.4. The predicted molar refractivity (Wildman–Crippen MR) is 90.3 cm³/mol. The quantitative estimate of drug-likeness (QED) is 0.738. The SMILES string of the molecule is CC(C)CCN(CCC(C)C)c1cccc(F)c1CCN. The third kappa shape index (κ3) is 6.04. The summed E-state index contributed by atoms with van der Waals surface area (Å²) in [5.74, 6) is 1.17. The van der Waals surface area contributed by atoms with Crippen molar-refractivity contribution in [1.82, 2.24) is 0 Å². The van der Waals surface area contributed by atoms with Crippen molar-refractivity contribution in [2.75, 3.05) is 24.5 Å². The molecule has 1 rings (SSSR count). The lowest BCUT2D eigenvalue weighted by molar-refractivity contribution is 0.532. The van der Waals surface area contributed by atoms with Gasteiger partial charge < -0.3 is 10.6 Å². The Morgan fingerprint density at radius 3 is 2.10 bits per heavy atom. The maximum absolute atomic E-state index is 14.1. The zero-order valence-corrected chi connectivity index (χ0v) is 14.0. The number of nitrogens with two attached hydrogens (primary N) is 1. The van der Waals surface area contributed by atoms with Crippen molar-refractivity contribution in [3.05, 3.63) is 29.6 Å². The van der Waals surface area contributed by atoms with Gasteiger partial charge in [0.05, 0.1) is 0 Å². The fourth-order valence-electron chi connectivity index (χ4n) is 2.42. The monoisotopic (exact) mass is 294 g/mol. The summed E-state index contributed by atoms with van der Waals surface area (Å²) in [7, 11) is 0. The summed E-state index contributed by atoms with van der Waals surface area (Å²) in [6.45, 7) is 11.4. The number of hydrogen-bond acceptors (Lipinski definition) is 2. The van der Waals surface area contributed by atoms with Crippen molar-refractivity contribution in [1.29, 1.82) is 0 Å². The van der Waals surface area contributed by atoms with Gasteiger partial charge in [0.1, 0.15) is 5.82 Å². The van der Waals surface area contributed by atoms with Gasteiger partial charge in [0, 0.05) is 24.3 Å². The van der Waals surface area contributed by atoms with E-state index < -0.39 is 0 Å². The molecule has 120 valence electrons. The van der Waals surface area contributed by atoms with Crippen LogP contribution in [0.25, 0.3) is 0 Å². The minimum Gasteiger partial charge on any atom is -0.371 e. The molecule has 21 heavy (non-hydrogen) atoms. The second-order valence-electron chi connectivity index (χ2n) is 6.63. The topological polar surface area (TPSA) is 29.3 Å². The molecule has 0 amide bonds. The van der Waals surface area contributed by atoms with E-state index in [1.54, 1.807) is 0 Å². The Labute approximate surface area is 129 Å². The highest BCUT2D eigenvalue weighted by Crippen LogP contribution is 2.25. The first-order valence-electron chi connectivity index (χ1n) is 8.18. The summed E-state index contributed by atoms with van der Waals surface area (Å²) in [6, 6.07) is 5.38. The Hall–Kier alpha value is -1.09. The van der Waals surface area contributed by atoms with E-state index >= 15 is 0 Å². The van der Waals surface area contributed by atoms with Gasteiger partial charge in [-0.05, 0) is 49.8 Å². The van der Waals surface area contributed by atoms with Crippen LogP contribution in [0.3, 0.4) is 0 Å². The fourth-order valence-corrected chi connectivity index (χ4v) is 2.42. The summed E-state index contributed by atoms with van der Waals surface area (Å²) in [6.07, 6.45) is 2.84. The minimum absolute atomic E-state index is 0.128. The van der Waals surface area contributed by atoms with E-state index in [2.05, 4.69) is 32.6 Å². The van der Waals surface area contributed by atoms with Crippen LogP contribution in [0.4, 0.5) is 10.1 Å². The van der Waals surface area contributed by atoms with E-state index in [0.29, 0.717) is 24.8 Å². The van der Waals surface area contributed by atoms with E-state index in [4.69, 9.17) is 5.73 Å². The molecule has 0 radical (unpaired) electrons. The molecule has 0 aromatic heterocycles. The molecule has 0 aliphatic heterocycles. The smallest absolute Gasteiger partial charge is 0.128 e. The molecule has 1 aromatic carbocycles. The molecule has 3 heteroatoms. The molecule has 0 aliphatic rings. The minimum atomic E-state index is -0.128. The second kappa shape index (κ2) is 9.04. The lowest BCUT2D eigenvalue weighted by Gasteiger charge is -2.29. The molecule has 0 fully saturated rings. The van der Waals surface area contributed by atoms with Crippen LogP contribution >= 0.6 is 0 Å². The third-order valence-electron chi connectivity index (χ3n) is 3.78. The fraction of sp³-hybridized carbons (Fsp3) is 0.667. The zero-order valence-electron chi connectivity index (χ0n) is 14.0.